The molecule has 0 saturated carbocycles. The highest BCUT2D eigenvalue weighted by molar-refractivity contribution is 5.85. The summed E-state index contributed by atoms with van der Waals surface area (Å²) in [5.74, 6) is 0. The molecule has 0 N–H and O–H groups in total. The summed E-state index contributed by atoms with van der Waals surface area (Å²) >= 11 is 0. The smallest absolute Gasteiger partial charge is 0.0299 e. The fourth-order valence-corrected chi connectivity index (χ4v) is 2.54. The van der Waals surface area contributed by atoms with Crippen molar-refractivity contribution < 1.29 is 0 Å². The fourth-order valence-electron chi connectivity index (χ4n) is 2.54. The second-order valence-electron chi connectivity index (χ2n) is 5.65. The number of aromatic nitrogens is 1. The van der Waals surface area contributed by atoms with Gasteiger partial charge in [0.1, 0.15) is 0 Å². The van der Waals surface area contributed by atoms with Gasteiger partial charge in [-0.3, -0.25) is 4.98 Å². The number of hydrogen-bond donors (Lipinski definition) is 0. The van der Waals surface area contributed by atoms with Gasteiger partial charge in [-0.2, -0.15) is 0 Å². The predicted octanol–water partition coefficient (Wildman–Crippen LogP) is 6.36. The maximum atomic E-state index is 4.15. The van der Waals surface area contributed by atoms with Crippen molar-refractivity contribution in [3.63, 3.8) is 0 Å². The van der Waals surface area contributed by atoms with Gasteiger partial charge in [-0.05, 0) is 24.5 Å². The van der Waals surface area contributed by atoms with E-state index < -0.39 is 0 Å². The highest BCUT2D eigenvalue weighted by Crippen LogP contribution is 2.12. The molecule has 0 aliphatic rings. The van der Waals surface area contributed by atoms with Crippen LogP contribution in [-0.2, 0) is 6.42 Å². The average molecular weight is 298 g/mol. The van der Waals surface area contributed by atoms with Crippen molar-refractivity contribution in [3.8, 4) is 0 Å². The molecule has 0 aromatic carbocycles. The van der Waals surface area contributed by atoms with Crippen LogP contribution >= 0.6 is 12.4 Å². The lowest BCUT2D eigenvalue weighted by atomic mass is 10.0. The van der Waals surface area contributed by atoms with E-state index in [4.69, 9.17) is 0 Å². The van der Waals surface area contributed by atoms with Crippen LogP contribution in [0.15, 0.2) is 24.5 Å². The molecule has 0 bridgehead atoms. The molecule has 116 valence electrons. The molecule has 1 nitrogen and oxygen atoms in total. The van der Waals surface area contributed by atoms with Crippen molar-refractivity contribution in [2.24, 2.45) is 0 Å². The maximum absolute atomic E-state index is 4.15. The van der Waals surface area contributed by atoms with Crippen LogP contribution in [0.5, 0.6) is 0 Å². The Balaban J connectivity index is 0.00000361. The number of hydrogen-bond acceptors (Lipinski definition) is 1. The summed E-state index contributed by atoms with van der Waals surface area (Å²) in [5.41, 5.74) is 1.39. The highest BCUT2D eigenvalue weighted by Gasteiger charge is 1.94. The molecule has 0 atom stereocenters. The Kier molecular flexibility index (Phi) is 14.4. The third kappa shape index (κ3) is 11.3. The van der Waals surface area contributed by atoms with Crippen molar-refractivity contribution in [1.82, 2.24) is 4.98 Å². The van der Waals surface area contributed by atoms with Crippen LogP contribution in [0.3, 0.4) is 0 Å². The van der Waals surface area contributed by atoms with E-state index in [9.17, 15) is 0 Å². The Hall–Kier alpha value is -0.560. The van der Waals surface area contributed by atoms with Gasteiger partial charge in [-0.1, -0.05) is 77.2 Å². The van der Waals surface area contributed by atoms with E-state index >= 15 is 0 Å². The van der Waals surface area contributed by atoms with Crippen molar-refractivity contribution >= 4 is 12.4 Å². The molecule has 0 spiro atoms. The summed E-state index contributed by atoms with van der Waals surface area (Å²) < 4.78 is 0. The van der Waals surface area contributed by atoms with Crippen molar-refractivity contribution in [2.45, 2.75) is 84.0 Å². The fraction of sp³-hybridized carbons (Fsp3) is 0.722. The van der Waals surface area contributed by atoms with Gasteiger partial charge in [0.2, 0.25) is 0 Å². The van der Waals surface area contributed by atoms with Gasteiger partial charge in [0, 0.05) is 12.4 Å². The van der Waals surface area contributed by atoms with Gasteiger partial charge >= 0.3 is 0 Å². The maximum Gasteiger partial charge on any atom is 0.0299 e. The molecule has 2 heteroatoms. The summed E-state index contributed by atoms with van der Waals surface area (Å²) in [7, 11) is 0. The Bertz CT molecular complexity index is 287. The molecule has 1 heterocycles. The first-order chi connectivity index (χ1) is 9.43. The molecule has 1 aromatic rings. The summed E-state index contributed by atoms with van der Waals surface area (Å²) in [6.45, 7) is 2.28. The van der Waals surface area contributed by atoms with E-state index in [2.05, 4.69) is 18.0 Å². The van der Waals surface area contributed by atoms with E-state index in [-0.39, 0.29) is 12.4 Å². The van der Waals surface area contributed by atoms with Crippen molar-refractivity contribution in [1.29, 1.82) is 0 Å². The third-order valence-corrected chi connectivity index (χ3v) is 3.79. The van der Waals surface area contributed by atoms with Crippen LogP contribution < -0.4 is 0 Å². The molecule has 1 rings (SSSR count). The zero-order chi connectivity index (χ0) is 13.6. The van der Waals surface area contributed by atoms with Gasteiger partial charge < -0.3 is 0 Å². The summed E-state index contributed by atoms with van der Waals surface area (Å²) in [4.78, 5) is 4.15. The largest absolute Gasteiger partial charge is 0.264 e. The SMILES string of the molecule is CCCCCCCCCCCCCc1cccnc1.Cl. The number of aryl methyl sites for hydroxylation is 1. The average Bonchev–Trinajstić information content (AvgIpc) is 2.46. The molecule has 0 aliphatic carbocycles. The molecule has 0 unspecified atom stereocenters. The number of pyridine rings is 1. The lowest BCUT2D eigenvalue weighted by Gasteiger charge is -2.03. The minimum atomic E-state index is 0. The van der Waals surface area contributed by atoms with Gasteiger partial charge in [0.25, 0.3) is 0 Å². The number of halogens is 1. The number of rotatable bonds is 12. The Morgan fingerprint density at radius 1 is 0.800 bits per heavy atom. The lowest BCUT2D eigenvalue weighted by Crippen LogP contribution is -1.87. The van der Waals surface area contributed by atoms with E-state index in [1.807, 2.05) is 18.5 Å². The normalized spacial score (nSPS) is 10.2. The summed E-state index contributed by atoms with van der Waals surface area (Å²) in [6, 6.07) is 4.22. The molecular weight excluding hydrogens is 266 g/mol. The van der Waals surface area contributed by atoms with Crippen molar-refractivity contribution in [2.75, 3.05) is 0 Å². The van der Waals surface area contributed by atoms with Crippen molar-refractivity contribution in [3.05, 3.63) is 30.1 Å². The molecule has 0 fully saturated rings. The second-order valence-corrected chi connectivity index (χ2v) is 5.65. The summed E-state index contributed by atoms with van der Waals surface area (Å²) in [5, 5.41) is 0. The monoisotopic (exact) mass is 297 g/mol. The van der Waals surface area contributed by atoms with Crippen LogP contribution in [0.2, 0.25) is 0 Å². The zero-order valence-corrected chi connectivity index (χ0v) is 14.0. The molecule has 0 radical (unpaired) electrons. The number of nitrogens with zero attached hydrogens (tertiary/aromatic N) is 1. The van der Waals surface area contributed by atoms with E-state index in [0.717, 1.165) is 0 Å². The van der Waals surface area contributed by atoms with Crippen LogP contribution in [0, 0.1) is 0 Å². The van der Waals surface area contributed by atoms with Gasteiger partial charge in [-0.15, -0.1) is 12.4 Å². The Morgan fingerprint density at radius 3 is 1.85 bits per heavy atom. The Morgan fingerprint density at radius 2 is 1.35 bits per heavy atom. The van der Waals surface area contributed by atoms with E-state index in [1.165, 1.54) is 82.6 Å². The van der Waals surface area contributed by atoms with Gasteiger partial charge in [-0.25, -0.2) is 0 Å². The highest BCUT2D eigenvalue weighted by atomic mass is 35.5. The quantitative estimate of drug-likeness (QED) is 0.409. The summed E-state index contributed by atoms with van der Waals surface area (Å²) in [6.07, 6.45) is 20.6. The molecule has 1 aromatic heterocycles. The minimum Gasteiger partial charge on any atom is -0.264 e. The topological polar surface area (TPSA) is 12.9 Å². The predicted molar refractivity (Wildman–Crippen MR) is 91.7 cm³/mol. The molecule has 0 aliphatic heterocycles. The van der Waals surface area contributed by atoms with Crippen LogP contribution in [0.1, 0.15) is 83.1 Å². The first-order valence-electron chi connectivity index (χ1n) is 8.32. The van der Waals surface area contributed by atoms with E-state index in [0.29, 0.717) is 0 Å². The standard InChI is InChI=1S/C18H31N.ClH/c1-2-3-4-5-6-7-8-9-10-11-12-14-18-15-13-16-19-17-18;/h13,15-17H,2-12,14H2,1H3;1H. The zero-order valence-electron chi connectivity index (χ0n) is 13.2. The Labute approximate surface area is 132 Å². The molecular formula is C18H32ClN. The molecule has 0 amide bonds. The van der Waals surface area contributed by atoms with Gasteiger partial charge in [0.15, 0.2) is 0 Å². The van der Waals surface area contributed by atoms with Crippen LogP contribution in [0.4, 0.5) is 0 Å². The van der Waals surface area contributed by atoms with Gasteiger partial charge in [0.05, 0.1) is 0 Å². The lowest BCUT2D eigenvalue weighted by molar-refractivity contribution is 0.549. The minimum absolute atomic E-state index is 0. The first-order valence-corrected chi connectivity index (χ1v) is 8.32. The van der Waals surface area contributed by atoms with Crippen LogP contribution in [0.25, 0.3) is 0 Å². The van der Waals surface area contributed by atoms with Crippen LogP contribution in [-0.4, -0.2) is 4.98 Å². The first kappa shape index (κ1) is 19.4. The van der Waals surface area contributed by atoms with E-state index in [1.54, 1.807) is 0 Å². The molecule has 0 saturated heterocycles. The number of unbranched alkanes of at least 4 members (excludes halogenated alkanes) is 10. The third-order valence-electron chi connectivity index (χ3n) is 3.79. The molecule has 20 heavy (non-hydrogen) atoms. The second kappa shape index (κ2) is 14.8.